The van der Waals surface area contributed by atoms with Crippen molar-refractivity contribution in [2.45, 2.75) is 52.5 Å². The number of hydrogen-bond acceptors (Lipinski definition) is 1. The zero-order chi connectivity index (χ0) is 12.7. The third kappa shape index (κ3) is 4.51. The molecule has 1 aromatic rings. The van der Waals surface area contributed by atoms with E-state index in [1.54, 1.807) is 0 Å². The molecule has 0 heterocycles. The van der Waals surface area contributed by atoms with Crippen LogP contribution in [0.25, 0.3) is 0 Å². The molecule has 0 amide bonds. The normalized spacial score (nSPS) is 13.0. The summed E-state index contributed by atoms with van der Waals surface area (Å²) < 4.78 is 0. The van der Waals surface area contributed by atoms with Gasteiger partial charge in [-0.2, -0.15) is 0 Å². The van der Waals surface area contributed by atoms with Crippen LogP contribution in [0.2, 0.25) is 0 Å². The minimum atomic E-state index is 0.518. The van der Waals surface area contributed by atoms with Crippen molar-refractivity contribution < 1.29 is 0 Å². The quantitative estimate of drug-likeness (QED) is 0.739. The van der Waals surface area contributed by atoms with Gasteiger partial charge in [-0.15, -0.1) is 0 Å². The molecule has 0 aliphatic heterocycles. The van der Waals surface area contributed by atoms with E-state index in [0.717, 1.165) is 12.3 Å². The fraction of sp³-hybridized carbons (Fsp3) is 0.625. The SMILES string of the molecule is CCc1ccccc1C(CCCC(C)C)NC. The Morgan fingerprint density at radius 3 is 2.41 bits per heavy atom. The van der Waals surface area contributed by atoms with Gasteiger partial charge in [-0.1, -0.05) is 57.9 Å². The molecule has 1 rings (SSSR count). The third-order valence-electron chi connectivity index (χ3n) is 3.43. The molecule has 0 spiro atoms. The Bertz CT molecular complexity index is 317. The van der Waals surface area contributed by atoms with Gasteiger partial charge in [-0.05, 0) is 36.9 Å². The Kier molecular flexibility index (Phi) is 6.28. The monoisotopic (exact) mass is 233 g/mol. The second-order valence-electron chi connectivity index (χ2n) is 5.22. The van der Waals surface area contributed by atoms with E-state index < -0.39 is 0 Å². The highest BCUT2D eigenvalue weighted by molar-refractivity contribution is 5.29. The molecule has 0 aliphatic rings. The Balaban J connectivity index is 2.65. The third-order valence-corrected chi connectivity index (χ3v) is 3.43. The molecule has 1 atom stereocenters. The van der Waals surface area contributed by atoms with E-state index in [9.17, 15) is 0 Å². The van der Waals surface area contributed by atoms with Gasteiger partial charge in [-0.3, -0.25) is 0 Å². The van der Waals surface area contributed by atoms with Crippen LogP contribution in [0.5, 0.6) is 0 Å². The summed E-state index contributed by atoms with van der Waals surface area (Å²) in [4.78, 5) is 0. The number of aryl methyl sites for hydroxylation is 1. The van der Waals surface area contributed by atoms with E-state index in [0.29, 0.717) is 6.04 Å². The maximum atomic E-state index is 3.47. The summed E-state index contributed by atoms with van der Waals surface area (Å²) in [6.45, 7) is 6.84. The van der Waals surface area contributed by atoms with Gasteiger partial charge in [0, 0.05) is 6.04 Å². The van der Waals surface area contributed by atoms with Crippen LogP contribution in [0.15, 0.2) is 24.3 Å². The number of rotatable bonds is 7. The second-order valence-corrected chi connectivity index (χ2v) is 5.22. The first kappa shape index (κ1) is 14.2. The molecular weight excluding hydrogens is 206 g/mol. The van der Waals surface area contributed by atoms with Gasteiger partial charge in [0.2, 0.25) is 0 Å². The Morgan fingerprint density at radius 2 is 1.82 bits per heavy atom. The fourth-order valence-electron chi connectivity index (χ4n) is 2.38. The van der Waals surface area contributed by atoms with Gasteiger partial charge >= 0.3 is 0 Å². The van der Waals surface area contributed by atoms with Crippen LogP contribution in [-0.2, 0) is 6.42 Å². The highest BCUT2D eigenvalue weighted by Gasteiger charge is 2.12. The molecule has 1 aromatic carbocycles. The van der Waals surface area contributed by atoms with Crippen LogP contribution < -0.4 is 5.32 Å². The van der Waals surface area contributed by atoms with Crippen LogP contribution in [0.1, 0.15) is 57.2 Å². The number of nitrogens with one attached hydrogen (secondary N) is 1. The average molecular weight is 233 g/mol. The molecule has 0 saturated heterocycles. The smallest absolute Gasteiger partial charge is 0.0320 e. The predicted octanol–water partition coefficient (Wildman–Crippen LogP) is 4.34. The van der Waals surface area contributed by atoms with Gasteiger partial charge in [0.25, 0.3) is 0 Å². The molecule has 1 unspecified atom stereocenters. The van der Waals surface area contributed by atoms with Crippen molar-refractivity contribution in [1.29, 1.82) is 0 Å². The Labute approximate surface area is 107 Å². The van der Waals surface area contributed by atoms with Crippen LogP contribution in [-0.4, -0.2) is 7.05 Å². The van der Waals surface area contributed by atoms with E-state index >= 15 is 0 Å². The summed E-state index contributed by atoms with van der Waals surface area (Å²) in [6.07, 6.45) is 5.00. The lowest BCUT2D eigenvalue weighted by Gasteiger charge is -2.20. The molecular formula is C16H27N. The molecule has 0 radical (unpaired) electrons. The minimum Gasteiger partial charge on any atom is -0.313 e. The van der Waals surface area contributed by atoms with Gasteiger partial charge in [0.1, 0.15) is 0 Å². The Hall–Kier alpha value is -0.820. The molecule has 1 heteroatoms. The lowest BCUT2D eigenvalue weighted by Crippen LogP contribution is -2.18. The first-order valence-electron chi connectivity index (χ1n) is 6.94. The van der Waals surface area contributed by atoms with Gasteiger partial charge in [-0.25, -0.2) is 0 Å². The zero-order valence-electron chi connectivity index (χ0n) is 11.8. The molecule has 0 fully saturated rings. The van der Waals surface area contributed by atoms with E-state index in [1.165, 1.54) is 30.4 Å². The maximum absolute atomic E-state index is 3.47. The lowest BCUT2D eigenvalue weighted by molar-refractivity contribution is 0.469. The van der Waals surface area contributed by atoms with Crippen molar-refractivity contribution in [2.75, 3.05) is 7.05 Å². The molecule has 1 N–H and O–H groups in total. The van der Waals surface area contributed by atoms with Crippen molar-refractivity contribution in [3.8, 4) is 0 Å². The molecule has 1 nitrogen and oxygen atoms in total. The molecule has 0 saturated carbocycles. The molecule has 17 heavy (non-hydrogen) atoms. The van der Waals surface area contributed by atoms with Crippen molar-refractivity contribution in [3.63, 3.8) is 0 Å². The summed E-state index contributed by atoms with van der Waals surface area (Å²) in [5.74, 6) is 0.814. The first-order chi connectivity index (χ1) is 8.19. The van der Waals surface area contributed by atoms with Crippen molar-refractivity contribution in [1.82, 2.24) is 5.32 Å². The topological polar surface area (TPSA) is 12.0 Å². The van der Waals surface area contributed by atoms with Gasteiger partial charge in [0.05, 0.1) is 0 Å². The zero-order valence-corrected chi connectivity index (χ0v) is 11.8. The van der Waals surface area contributed by atoms with Crippen LogP contribution in [0, 0.1) is 5.92 Å². The van der Waals surface area contributed by atoms with Gasteiger partial charge in [0.15, 0.2) is 0 Å². The summed E-state index contributed by atoms with van der Waals surface area (Å²) in [6, 6.07) is 9.34. The van der Waals surface area contributed by atoms with Crippen LogP contribution in [0.4, 0.5) is 0 Å². The largest absolute Gasteiger partial charge is 0.313 e. The first-order valence-corrected chi connectivity index (χ1v) is 6.94. The van der Waals surface area contributed by atoms with E-state index in [4.69, 9.17) is 0 Å². The lowest BCUT2D eigenvalue weighted by atomic mass is 9.94. The number of hydrogen-bond donors (Lipinski definition) is 1. The summed E-state index contributed by atoms with van der Waals surface area (Å²) in [7, 11) is 2.08. The summed E-state index contributed by atoms with van der Waals surface area (Å²) in [5.41, 5.74) is 2.97. The second kappa shape index (κ2) is 7.50. The summed E-state index contributed by atoms with van der Waals surface area (Å²) >= 11 is 0. The van der Waals surface area contributed by atoms with E-state index in [2.05, 4.69) is 57.4 Å². The van der Waals surface area contributed by atoms with Crippen LogP contribution >= 0.6 is 0 Å². The minimum absolute atomic E-state index is 0.518. The number of benzene rings is 1. The van der Waals surface area contributed by atoms with Crippen LogP contribution in [0.3, 0.4) is 0 Å². The molecule has 96 valence electrons. The van der Waals surface area contributed by atoms with Crippen molar-refractivity contribution in [3.05, 3.63) is 35.4 Å². The molecule has 0 aliphatic carbocycles. The Morgan fingerprint density at radius 1 is 1.12 bits per heavy atom. The standard InChI is InChI=1S/C16H27N/c1-5-14-10-6-7-11-15(14)16(17-4)12-8-9-13(2)3/h6-7,10-11,13,16-17H,5,8-9,12H2,1-4H3. The van der Waals surface area contributed by atoms with Crippen molar-refractivity contribution >= 4 is 0 Å². The average Bonchev–Trinajstić information content (AvgIpc) is 2.34. The molecule has 0 aromatic heterocycles. The van der Waals surface area contributed by atoms with Gasteiger partial charge < -0.3 is 5.32 Å². The fourth-order valence-corrected chi connectivity index (χ4v) is 2.38. The highest BCUT2D eigenvalue weighted by Crippen LogP contribution is 2.24. The molecule has 0 bridgehead atoms. The van der Waals surface area contributed by atoms with E-state index in [-0.39, 0.29) is 0 Å². The maximum Gasteiger partial charge on any atom is 0.0320 e. The van der Waals surface area contributed by atoms with Crippen molar-refractivity contribution in [2.24, 2.45) is 5.92 Å². The highest BCUT2D eigenvalue weighted by atomic mass is 14.9. The summed E-state index contributed by atoms with van der Waals surface area (Å²) in [5, 5.41) is 3.47. The predicted molar refractivity (Wildman–Crippen MR) is 76.3 cm³/mol. The van der Waals surface area contributed by atoms with E-state index in [1.807, 2.05) is 0 Å².